The van der Waals surface area contributed by atoms with Gasteiger partial charge in [-0.05, 0) is 42.4 Å². The number of esters is 1. The Bertz CT molecular complexity index is 1060. The predicted molar refractivity (Wildman–Crippen MR) is 129 cm³/mol. The van der Waals surface area contributed by atoms with Crippen LogP contribution in [0, 0.1) is 0 Å². The molecule has 31 heavy (non-hydrogen) atoms. The van der Waals surface area contributed by atoms with Crippen LogP contribution >= 0.6 is 29.9 Å². The highest BCUT2D eigenvalue weighted by atomic mass is 35.7. The van der Waals surface area contributed by atoms with E-state index >= 15 is 0 Å². The largest absolute Gasteiger partial charge is 0.457 e. The third-order valence-corrected chi connectivity index (χ3v) is 6.93. The monoisotopic (exact) mass is 477 g/mol. The van der Waals surface area contributed by atoms with Crippen molar-refractivity contribution < 1.29 is 18.6 Å². The first-order valence-corrected chi connectivity index (χ1v) is 13.8. The maximum Gasteiger partial charge on any atom is 0.409 e. The number of benzene rings is 3. The molecule has 0 aromatic heterocycles. The summed E-state index contributed by atoms with van der Waals surface area (Å²) in [7, 11) is 0. The molecule has 3 aromatic carbocycles. The lowest BCUT2D eigenvalue weighted by Crippen LogP contribution is -2.37. The number of nitrogens with one attached hydrogen (secondary N) is 1. The third kappa shape index (κ3) is 6.75. The van der Waals surface area contributed by atoms with Crippen LogP contribution in [0.1, 0.15) is 25.0 Å². The summed E-state index contributed by atoms with van der Waals surface area (Å²) in [5.41, 5.74) is 0.875. The van der Waals surface area contributed by atoms with Crippen LogP contribution in [-0.2, 0) is 14.1 Å². The van der Waals surface area contributed by atoms with Crippen molar-refractivity contribution >= 4 is 46.6 Å². The molecule has 3 rings (SSSR count). The predicted octanol–water partition coefficient (Wildman–Crippen LogP) is 6.58. The van der Waals surface area contributed by atoms with Crippen molar-refractivity contribution in [3.63, 3.8) is 0 Å². The number of carbonyl (C=O) groups excluding carboxylic acids is 1. The number of carbonyl (C=O) groups is 1. The second-order valence-corrected chi connectivity index (χ2v) is 10.7. The molecule has 0 aliphatic carbocycles. The van der Waals surface area contributed by atoms with Crippen LogP contribution in [0.25, 0.3) is 10.8 Å². The summed E-state index contributed by atoms with van der Waals surface area (Å²) in [5, 5.41) is 4.43. The van der Waals surface area contributed by atoms with E-state index in [4.69, 9.17) is 20.5 Å². The number of rotatable bonds is 10. The van der Waals surface area contributed by atoms with Crippen LogP contribution in [0.4, 0.5) is 0 Å². The summed E-state index contributed by atoms with van der Waals surface area (Å²) in [6.45, 7) is -2.07. The van der Waals surface area contributed by atoms with Crippen LogP contribution in [0.2, 0.25) is 0 Å². The van der Waals surface area contributed by atoms with E-state index < -0.39 is 25.0 Å². The van der Waals surface area contributed by atoms with Gasteiger partial charge in [-0.1, -0.05) is 66.7 Å². The van der Waals surface area contributed by atoms with E-state index in [1.807, 2.05) is 66.9 Å². The third-order valence-electron chi connectivity index (χ3n) is 4.73. The zero-order valence-corrected chi connectivity index (χ0v) is 19.8. The summed E-state index contributed by atoms with van der Waals surface area (Å²) < 4.78 is 24.4. The molecule has 3 atom stereocenters. The van der Waals surface area contributed by atoms with E-state index in [9.17, 15) is 9.36 Å². The van der Waals surface area contributed by atoms with Gasteiger partial charge in [0.2, 0.25) is 0 Å². The smallest absolute Gasteiger partial charge is 0.409 e. The average molecular weight is 478 g/mol. The molecule has 8 heteroatoms. The standard InChI is InChI=1S/C23H25ClNO4PS/c1-17(18-9-4-3-5-10-18)28-23(26)21(15-16-31-2)25-30(24,27)29-22-14-8-12-19-11-6-7-13-20(19)22/h3-14,17,21H,15-16H2,1-2H3,(H,25,27). The molecule has 164 valence electrons. The molecule has 0 amide bonds. The van der Waals surface area contributed by atoms with Crippen LogP contribution in [0.15, 0.2) is 72.8 Å². The molecule has 0 aliphatic heterocycles. The fourth-order valence-electron chi connectivity index (χ4n) is 3.13. The molecule has 0 saturated carbocycles. The normalized spacial score (nSPS) is 15.1. The first-order chi connectivity index (χ1) is 14.9. The maximum atomic E-state index is 13.1. The Kier molecular flexibility index (Phi) is 8.44. The van der Waals surface area contributed by atoms with Gasteiger partial charge in [-0.15, -0.1) is 0 Å². The van der Waals surface area contributed by atoms with E-state index in [1.54, 1.807) is 30.8 Å². The van der Waals surface area contributed by atoms with E-state index in [-0.39, 0.29) is 0 Å². The van der Waals surface area contributed by atoms with Gasteiger partial charge in [0.15, 0.2) is 0 Å². The lowest BCUT2D eigenvalue weighted by Gasteiger charge is -2.23. The summed E-state index contributed by atoms with van der Waals surface area (Å²) in [6, 6.07) is 21.6. The van der Waals surface area contributed by atoms with E-state index in [0.29, 0.717) is 17.9 Å². The van der Waals surface area contributed by atoms with Crippen molar-refractivity contribution in [2.24, 2.45) is 0 Å². The molecule has 0 fully saturated rings. The van der Waals surface area contributed by atoms with Crippen molar-refractivity contribution in [3.05, 3.63) is 78.4 Å². The molecule has 0 saturated heterocycles. The lowest BCUT2D eigenvalue weighted by atomic mass is 10.1. The van der Waals surface area contributed by atoms with Gasteiger partial charge in [0.25, 0.3) is 0 Å². The van der Waals surface area contributed by atoms with Crippen LogP contribution in [-0.4, -0.2) is 24.0 Å². The van der Waals surface area contributed by atoms with E-state index in [2.05, 4.69) is 5.09 Å². The van der Waals surface area contributed by atoms with Crippen LogP contribution < -0.4 is 9.61 Å². The molecule has 0 spiro atoms. The Morgan fingerprint density at radius 2 is 1.74 bits per heavy atom. The zero-order chi connectivity index (χ0) is 22.3. The summed E-state index contributed by atoms with van der Waals surface area (Å²) in [5.74, 6) is 0.531. The molecule has 5 nitrogen and oxygen atoms in total. The van der Waals surface area contributed by atoms with Crippen LogP contribution in [0.5, 0.6) is 5.75 Å². The van der Waals surface area contributed by atoms with Gasteiger partial charge in [-0.25, -0.2) is 9.65 Å². The fourth-order valence-corrected chi connectivity index (χ4v) is 5.25. The Morgan fingerprint density at radius 3 is 2.48 bits per heavy atom. The van der Waals surface area contributed by atoms with Gasteiger partial charge in [0.05, 0.1) is 0 Å². The Labute approximate surface area is 191 Å². The molecule has 0 bridgehead atoms. The topological polar surface area (TPSA) is 64.6 Å². The Balaban J connectivity index is 1.74. The molecule has 0 aliphatic rings. The minimum Gasteiger partial charge on any atom is -0.457 e. The summed E-state index contributed by atoms with van der Waals surface area (Å²) >= 11 is 7.82. The number of ether oxygens (including phenoxy) is 1. The maximum absolute atomic E-state index is 13.1. The Morgan fingerprint density at radius 1 is 1.06 bits per heavy atom. The van der Waals surface area contributed by atoms with Gasteiger partial charge < -0.3 is 9.26 Å². The molecule has 3 aromatic rings. The first kappa shape index (κ1) is 23.7. The van der Waals surface area contributed by atoms with E-state index in [0.717, 1.165) is 16.3 Å². The lowest BCUT2D eigenvalue weighted by molar-refractivity contribution is -0.150. The van der Waals surface area contributed by atoms with Gasteiger partial charge in [0, 0.05) is 16.6 Å². The number of hydrogen-bond donors (Lipinski definition) is 1. The molecule has 0 heterocycles. The second-order valence-electron chi connectivity index (χ2n) is 7.00. The van der Waals surface area contributed by atoms with Gasteiger partial charge in [-0.2, -0.15) is 11.8 Å². The molecule has 1 N–H and O–H groups in total. The molecular weight excluding hydrogens is 453 g/mol. The second kappa shape index (κ2) is 11.1. The van der Waals surface area contributed by atoms with Crippen LogP contribution in [0.3, 0.4) is 0 Å². The number of hydrogen-bond acceptors (Lipinski definition) is 5. The highest BCUT2D eigenvalue weighted by Crippen LogP contribution is 2.50. The highest BCUT2D eigenvalue weighted by Gasteiger charge is 2.32. The van der Waals surface area contributed by atoms with Crippen molar-refractivity contribution in [2.75, 3.05) is 12.0 Å². The number of halogens is 1. The number of thioether (sulfide) groups is 1. The van der Waals surface area contributed by atoms with E-state index in [1.165, 1.54) is 0 Å². The van der Waals surface area contributed by atoms with Gasteiger partial charge in [-0.3, -0.25) is 4.79 Å². The van der Waals surface area contributed by atoms with Crippen molar-refractivity contribution in [2.45, 2.75) is 25.5 Å². The van der Waals surface area contributed by atoms with Gasteiger partial charge in [0.1, 0.15) is 17.9 Å². The summed E-state index contributed by atoms with van der Waals surface area (Å²) in [6.07, 6.45) is 1.89. The fraction of sp³-hybridized carbons (Fsp3) is 0.261. The highest BCUT2D eigenvalue weighted by molar-refractivity contribution is 7.98. The SMILES string of the molecule is CSCCC(NP(=O)(Cl)Oc1cccc2ccccc12)C(=O)OC(C)c1ccccc1. The Hall–Kier alpha value is -1.98. The summed E-state index contributed by atoms with van der Waals surface area (Å²) in [4.78, 5) is 12.8. The molecule has 0 radical (unpaired) electrons. The first-order valence-electron chi connectivity index (χ1n) is 9.89. The van der Waals surface area contributed by atoms with Crippen molar-refractivity contribution in [3.8, 4) is 5.75 Å². The number of fused-ring (bicyclic) bond motifs is 1. The molecule has 3 unspecified atom stereocenters. The minimum atomic E-state index is -3.87. The average Bonchev–Trinajstić information content (AvgIpc) is 2.77. The van der Waals surface area contributed by atoms with Gasteiger partial charge >= 0.3 is 12.8 Å². The van der Waals surface area contributed by atoms with Crippen molar-refractivity contribution in [1.29, 1.82) is 0 Å². The zero-order valence-electron chi connectivity index (χ0n) is 17.4. The quantitative estimate of drug-likeness (QED) is 0.263. The molecular formula is C23H25ClNO4PS. The van der Waals surface area contributed by atoms with Crippen molar-refractivity contribution in [1.82, 2.24) is 5.09 Å². The minimum absolute atomic E-state index is 0.388.